The number of methoxy groups -OCH3 is 1. The molecule has 4 nitrogen and oxygen atoms in total. The average Bonchev–Trinajstić information content (AvgIpc) is 2.70. The van der Waals surface area contributed by atoms with E-state index in [2.05, 4.69) is 0 Å². The van der Waals surface area contributed by atoms with E-state index in [9.17, 15) is 23.2 Å². The minimum atomic E-state index is -4.83. The van der Waals surface area contributed by atoms with Gasteiger partial charge in [-0.25, -0.2) is 0 Å². The van der Waals surface area contributed by atoms with Gasteiger partial charge < -0.3 is 9.30 Å². The minimum absolute atomic E-state index is 0.0408. The molecule has 30 heavy (non-hydrogen) atoms. The molecule has 0 spiro atoms. The fourth-order valence-electron chi connectivity index (χ4n) is 3.33. The van der Waals surface area contributed by atoms with E-state index in [0.717, 1.165) is 22.8 Å². The molecule has 7 heteroatoms. The van der Waals surface area contributed by atoms with E-state index in [1.165, 1.54) is 17.7 Å². The van der Waals surface area contributed by atoms with Gasteiger partial charge in [0.2, 0.25) is 0 Å². The molecule has 0 N–H and O–H groups in total. The Kier molecular flexibility index (Phi) is 5.70. The predicted octanol–water partition coefficient (Wildman–Crippen LogP) is 5.08. The van der Waals surface area contributed by atoms with Gasteiger partial charge in [-0.3, -0.25) is 4.79 Å². The quantitative estimate of drug-likeness (QED) is 0.601. The Balaban J connectivity index is 2.30. The number of nitriles is 1. The smallest absolute Gasteiger partial charge is 0.417 e. The van der Waals surface area contributed by atoms with Crippen LogP contribution in [0.2, 0.25) is 0 Å². The molecule has 0 aliphatic rings. The normalized spacial score (nSPS) is 11.2. The first kappa shape index (κ1) is 21.2. The lowest BCUT2D eigenvalue weighted by Gasteiger charge is -2.19. The summed E-state index contributed by atoms with van der Waals surface area (Å²) in [5.74, 6) is 0.534. The first-order valence-electron chi connectivity index (χ1n) is 9.11. The van der Waals surface area contributed by atoms with E-state index in [1.54, 1.807) is 24.3 Å². The van der Waals surface area contributed by atoms with Crippen LogP contribution in [0.1, 0.15) is 27.8 Å². The topological polar surface area (TPSA) is 55.0 Å². The van der Waals surface area contributed by atoms with Crippen LogP contribution >= 0.6 is 0 Å². The molecular formula is C23H19F3N2O2. The average molecular weight is 412 g/mol. The third-order valence-corrected chi connectivity index (χ3v) is 4.93. The molecule has 1 heterocycles. The Labute approximate surface area is 171 Å². The summed E-state index contributed by atoms with van der Waals surface area (Å²) in [6.07, 6.45) is -4.83. The molecule has 0 fully saturated rings. The molecule has 2 aromatic carbocycles. The first-order chi connectivity index (χ1) is 14.2. The molecule has 3 rings (SSSR count). The number of pyridine rings is 1. The number of rotatable bonds is 4. The summed E-state index contributed by atoms with van der Waals surface area (Å²) in [7, 11) is 1.48. The van der Waals surface area contributed by atoms with Crippen molar-refractivity contribution in [2.75, 3.05) is 7.11 Å². The number of hydrogen-bond acceptors (Lipinski definition) is 3. The third-order valence-electron chi connectivity index (χ3n) is 4.93. The first-order valence-corrected chi connectivity index (χ1v) is 9.11. The number of ether oxygens (including phenoxy) is 1. The summed E-state index contributed by atoms with van der Waals surface area (Å²) >= 11 is 0. The zero-order valence-electron chi connectivity index (χ0n) is 16.7. The summed E-state index contributed by atoms with van der Waals surface area (Å²) in [6, 6.07) is 14.3. The molecule has 3 aromatic rings. The van der Waals surface area contributed by atoms with Crippen LogP contribution < -0.4 is 10.3 Å². The van der Waals surface area contributed by atoms with E-state index in [4.69, 9.17) is 4.74 Å². The maximum atomic E-state index is 13.6. The van der Waals surface area contributed by atoms with Gasteiger partial charge in [-0.2, -0.15) is 18.4 Å². The van der Waals surface area contributed by atoms with E-state index in [-0.39, 0.29) is 12.2 Å². The monoisotopic (exact) mass is 412 g/mol. The highest BCUT2D eigenvalue weighted by molar-refractivity contribution is 5.63. The van der Waals surface area contributed by atoms with E-state index in [0.29, 0.717) is 11.3 Å². The van der Waals surface area contributed by atoms with Gasteiger partial charge in [-0.1, -0.05) is 23.8 Å². The highest BCUT2D eigenvalue weighted by atomic mass is 19.4. The number of halogens is 3. The Bertz CT molecular complexity index is 1190. The Hall–Kier alpha value is -3.53. The molecule has 0 aliphatic heterocycles. The van der Waals surface area contributed by atoms with Crippen molar-refractivity contribution in [1.82, 2.24) is 4.57 Å². The highest BCUT2D eigenvalue weighted by Gasteiger charge is 2.36. The van der Waals surface area contributed by atoms with E-state index < -0.39 is 22.9 Å². The van der Waals surface area contributed by atoms with Crippen LogP contribution in [0.3, 0.4) is 0 Å². The number of aromatic nitrogens is 1. The molecular weight excluding hydrogens is 393 g/mol. The van der Waals surface area contributed by atoms with Gasteiger partial charge in [0.25, 0.3) is 5.56 Å². The summed E-state index contributed by atoms with van der Waals surface area (Å²) in [4.78, 5) is 13.0. The second-order valence-electron chi connectivity index (χ2n) is 6.98. The van der Waals surface area contributed by atoms with Crippen molar-refractivity contribution in [3.8, 4) is 23.1 Å². The Morgan fingerprint density at radius 1 is 1.07 bits per heavy atom. The number of hydrogen-bond donors (Lipinski definition) is 0. The van der Waals surface area contributed by atoms with Crippen LogP contribution in [-0.2, 0) is 12.7 Å². The molecule has 0 amide bonds. The molecule has 0 aliphatic carbocycles. The standard InChI is InChI=1S/C23H19F3N2O2/c1-14-4-5-17(15(2)10-14)13-28-21(16-6-8-18(30-3)9-7-16)11-20(23(24,25)26)19(12-27)22(28)29/h4-11H,13H2,1-3H3. The molecule has 0 radical (unpaired) electrons. The van der Waals surface area contributed by atoms with Gasteiger partial charge in [0, 0.05) is 0 Å². The molecule has 0 saturated heterocycles. The SMILES string of the molecule is COc1ccc(-c2cc(C(F)(F)F)c(C#N)c(=O)n2Cc2ccc(C)cc2C)cc1. The summed E-state index contributed by atoms with van der Waals surface area (Å²) in [6.45, 7) is 3.84. The van der Waals surface area contributed by atoms with Crippen LogP contribution in [-0.4, -0.2) is 11.7 Å². The lowest BCUT2D eigenvalue weighted by atomic mass is 10.0. The predicted molar refractivity (Wildman–Crippen MR) is 107 cm³/mol. The van der Waals surface area contributed by atoms with Crippen LogP contribution in [0.25, 0.3) is 11.3 Å². The summed E-state index contributed by atoms with van der Waals surface area (Å²) in [5.41, 5.74) is 0.0770. The summed E-state index contributed by atoms with van der Waals surface area (Å²) < 4.78 is 47.1. The van der Waals surface area contributed by atoms with Crippen LogP contribution in [0.5, 0.6) is 5.75 Å². The number of aryl methyl sites for hydroxylation is 2. The van der Waals surface area contributed by atoms with Crippen LogP contribution in [0.4, 0.5) is 13.2 Å². The number of benzene rings is 2. The fraction of sp³-hybridized carbons (Fsp3) is 0.217. The second kappa shape index (κ2) is 8.07. The molecule has 0 atom stereocenters. The third kappa shape index (κ3) is 4.08. The van der Waals surface area contributed by atoms with E-state index >= 15 is 0 Å². The zero-order valence-corrected chi connectivity index (χ0v) is 16.7. The lowest BCUT2D eigenvalue weighted by Crippen LogP contribution is -2.29. The Morgan fingerprint density at radius 3 is 2.27 bits per heavy atom. The van der Waals surface area contributed by atoms with Gasteiger partial charge in [-0.05, 0) is 60.9 Å². The molecule has 0 bridgehead atoms. The van der Waals surface area contributed by atoms with Crippen molar-refractivity contribution in [3.63, 3.8) is 0 Å². The van der Waals surface area contributed by atoms with Crippen molar-refractivity contribution in [2.45, 2.75) is 26.6 Å². The Morgan fingerprint density at radius 2 is 1.73 bits per heavy atom. The molecule has 154 valence electrons. The van der Waals surface area contributed by atoms with Crippen molar-refractivity contribution in [2.24, 2.45) is 0 Å². The number of nitrogens with zero attached hydrogens (tertiary/aromatic N) is 2. The highest BCUT2D eigenvalue weighted by Crippen LogP contribution is 2.34. The fourth-order valence-corrected chi connectivity index (χ4v) is 3.33. The van der Waals surface area contributed by atoms with Crippen LogP contribution in [0, 0.1) is 25.2 Å². The van der Waals surface area contributed by atoms with Crippen LogP contribution in [0.15, 0.2) is 53.3 Å². The maximum Gasteiger partial charge on any atom is 0.417 e. The van der Waals surface area contributed by atoms with Gasteiger partial charge >= 0.3 is 6.18 Å². The second-order valence-corrected chi connectivity index (χ2v) is 6.98. The largest absolute Gasteiger partial charge is 0.497 e. The van der Waals surface area contributed by atoms with Gasteiger partial charge in [-0.15, -0.1) is 0 Å². The van der Waals surface area contributed by atoms with E-state index in [1.807, 2.05) is 32.0 Å². The minimum Gasteiger partial charge on any atom is -0.497 e. The van der Waals surface area contributed by atoms with Gasteiger partial charge in [0.05, 0.1) is 24.9 Å². The number of alkyl halides is 3. The van der Waals surface area contributed by atoms with Crippen molar-refractivity contribution in [3.05, 3.63) is 86.7 Å². The van der Waals surface area contributed by atoms with Crippen molar-refractivity contribution in [1.29, 1.82) is 5.26 Å². The maximum absolute atomic E-state index is 13.6. The van der Waals surface area contributed by atoms with Gasteiger partial charge in [0.15, 0.2) is 0 Å². The van der Waals surface area contributed by atoms with Gasteiger partial charge in [0.1, 0.15) is 17.4 Å². The molecule has 0 saturated carbocycles. The zero-order chi connectivity index (χ0) is 22.1. The summed E-state index contributed by atoms with van der Waals surface area (Å²) in [5, 5.41) is 9.29. The lowest BCUT2D eigenvalue weighted by molar-refractivity contribution is -0.137. The molecule has 1 aromatic heterocycles. The van der Waals surface area contributed by atoms with Crippen molar-refractivity contribution < 1.29 is 17.9 Å². The van der Waals surface area contributed by atoms with Crippen molar-refractivity contribution >= 4 is 0 Å². The molecule has 0 unspecified atom stereocenters.